The average Bonchev–Trinajstić information content (AvgIpc) is 2.42. The Balaban J connectivity index is 2.05. The Morgan fingerprint density at radius 3 is 2.40 bits per heavy atom. The highest BCUT2D eigenvalue weighted by Gasteiger charge is 2.06. The summed E-state index contributed by atoms with van der Waals surface area (Å²) in [5.41, 5.74) is 6.90. The Hall–Kier alpha value is -1.65. The molecule has 2 aromatic carbocycles. The van der Waals surface area contributed by atoms with Crippen molar-refractivity contribution in [3.63, 3.8) is 0 Å². The first-order chi connectivity index (χ1) is 9.60. The molecule has 0 aromatic heterocycles. The number of halogens is 3. The molecule has 20 heavy (non-hydrogen) atoms. The van der Waals surface area contributed by atoms with Crippen molar-refractivity contribution in [1.29, 1.82) is 0 Å². The van der Waals surface area contributed by atoms with Crippen LogP contribution in [-0.4, -0.2) is 6.54 Å². The molecule has 2 N–H and O–H groups in total. The molecule has 0 fully saturated rings. The second-order valence-electron chi connectivity index (χ2n) is 4.34. The van der Waals surface area contributed by atoms with Crippen LogP contribution in [0.3, 0.4) is 0 Å². The minimum Gasteiger partial charge on any atom is -0.486 e. The maximum atomic E-state index is 13.8. The van der Waals surface area contributed by atoms with Crippen molar-refractivity contribution in [2.75, 3.05) is 6.54 Å². The molecule has 2 aromatic rings. The van der Waals surface area contributed by atoms with Gasteiger partial charge in [0.25, 0.3) is 0 Å². The van der Waals surface area contributed by atoms with E-state index in [1.54, 1.807) is 18.2 Å². The van der Waals surface area contributed by atoms with Gasteiger partial charge in [0.1, 0.15) is 12.4 Å². The first-order valence-corrected chi connectivity index (χ1v) is 6.53. The van der Waals surface area contributed by atoms with E-state index in [1.807, 2.05) is 0 Å². The van der Waals surface area contributed by atoms with Crippen molar-refractivity contribution in [3.05, 3.63) is 64.2 Å². The highest BCUT2D eigenvalue weighted by Crippen LogP contribution is 2.21. The molecule has 0 bridgehead atoms. The zero-order chi connectivity index (χ0) is 14.5. The molecule has 0 amide bonds. The SMILES string of the molecule is NCCc1ccc(OCc2ccc(F)c(Cl)c2)c(F)c1. The second kappa shape index (κ2) is 6.68. The summed E-state index contributed by atoms with van der Waals surface area (Å²) in [6, 6.07) is 8.98. The highest BCUT2D eigenvalue weighted by molar-refractivity contribution is 6.30. The Morgan fingerprint density at radius 1 is 1.00 bits per heavy atom. The first-order valence-electron chi connectivity index (χ1n) is 6.15. The minimum absolute atomic E-state index is 0.0184. The number of ether oxygens (including phenoxy) is 1. The molecular formula is C15H14ClF2NO. The van der Waals surface area contributed by atoms with Gasteiger partial charge in [-0.05, 0) is 48.4 Å². The normalized spacial score (nSPS) is 10.6. The third-order valence-electron chi connectivity index (χ3n) is 2.81. The van der Waals surface area contributed by atoms with Gasteiger partial charge in [-0.25, -0.2) is 8.78 Å². The maximum Gasteiger partial charge on any atom is 0.165 e. The van der Waals surface area contributed by atoms with Crippen molar-refractivity contribution in [3.8, 4) is 5.75 Å². The Kier molecular flexibility index (Phi) is 4.93. The van der Waals surface area contributed by atoms with E-state index in [1.165, 1.54) is 18.2 Å². The molecule has 0 heterocycles. The summed E-state index contributed by atoms with van der Waals surface area (Å²) in [5, 5.41) is 0.0184. The summed E-state index contributed by atoms with van der Waals surface area (Å²) in [7, 11) is 0. The first kappa shape index (κ1) is 14.8. The van der Waals surface area contributed by atoms with Crippen LogP contribution in [-0.2, 0) is 13.0 Å². The summed E-state index contributed by atoms with van der Waals surface area (Å²) in [6.45, 7) is 0.584. The third-order valence-corrected chi connectivity index (χ3v) is 3.10. The molecule has 0 unspecified atom stereocenters. The second-order valence-corrected chi connectivity index (χ2v) is 4.75. The molecule has 0 saturated carbocycles. The topological polar surface area (TPSA) is 35.2 Å². The highest BCUT2D eigenvalue weighted by atomic mass is 35.5. The van der Waals surface area contributed by atoms with Gasteiger partial charge in [0.15, 0.2) is 11.6 Å². The van der Waals surface area contributed by atoms with Crippen LogP contribution >= 0.6 is 11.6 Å². The molecule has 2 rings (SSSR count). The average molecular weight is 298 g/mol. The molecule has 0 aliphatic carbocycles. The lowest BCUT2D eigenvalue weighted by Gasteiger charge is -2.09. The van der Waals surface area contributed by atoms with Crippen LogP contribution in [0.2, 0.25) is 5.02 Å². The Morgan fingerprint density at radius 2 is 1.75 bits per heavy atom. The van der Waals surface area contributed by atoms with Gasteiger partial charge in [-0.15, -0.1) is 0 Å². The van der Waals surface area contributed by atoms with E-state index in [0.717, 1.165) is 5.56 Å². The third kappa shape index (κ3) is 3.68. The molecule has 0 atom stereocenters. The van der Waals surface area contributed by atoms with E-state index in [-0.39, 0.29) is 17.4 Å². The molecule has 0 aliphatic rings. The smallest absolute Gasteiger partial charge is 0.165 e. The lowest BCUT2D eigenvalue weighted by Crippen LogP contribution is -2.03. The van der Waals surface area contributed by atoms with E-state index in [0.29, 0.717) is 18.5 Å². The molecule has 0 spiro atoms. The van der Waals surface area contributed by atoms with Gasteiger partial charge in [-0.3, -0.25) is 0 Å². The van der Waals surface area contributed by atoms with E-state index in [2.05, 4.69) is 0 Å². The fourth-order valence-corrected chi connectivity index (χ4v) is 1.98. The summed E-state index contributed by atoms with van der Waals surface area (Å²) < 4.78 is 32.1. The summed E-state index contributed by atoms with van der Waals surface area (Å²) in [5.74, 6) is -0.789. The van der Waals surface area contributed by atoms with E-state index < -0.39 is 11.6 Å². The molecule has 0 aliphatic heterocycles. The molecule has 0 radical (unpaired) electrons. The van der Waals surface area contributed by atoms with Gasteiger partial charge in [-0.2, -0.15) is 0 Å². The Bertz CT molecular complexity index is 604. The van der Waals surface area contributed by atoms with Gasteiger partial charge in [0.2, 0.25) is 0 Å². The van der Waals surface area contributed by atoms with Gasteiger partial charge in [0.05, 0.1) is 5.02 Å². The lowest BCUT2D eigenvalue weighted by atomic mass is 10.1. The zero-order valence-electron chi connectivity index (χ0n) is 10.7. The van der Waals surface area contributed by atoms with Crippen LogP contribution in [0.15, 0.2) is 36.4 Å². The van der Waals surface area contributed by atoms with Gasteiger partial charge in [-0.1, -0.05) is 23.7 Å². The summed E-state index contributed by atoms with van der Waals surface area (Å²) in [6.07, 6.45) is 0.616. The quantitative estimate of drug-likeness (QED) is 0.913. The number of hydrogen-bond acceptors (Lipinski definition) is 2. The molecule has 2 nitrogen and oxygen atoms in total. The minimum atomic E-state index is -0.493. The molecule has 0 saturated heterocycles. The fourth-order valence-electron chi connectivity index (χ4n) is 1.77. The monoisotopic (exact) mass is 297 g/mol. The molecule has 106 valence electrons. The standard InChI is InChI=1S/C15H14ClF2NO/c16-12-7-11(1-3-13(12)17)9-20-15-4-2-10(5-6-19)8-14(15)18/h1-4,7-8H,5-6,9,19H2. The van der Waals surface area contributed by atoms with Crippen LogP contribution in [0.1, 0.15) is 11.1 Å². The predicted molar refractivity (Wildman–Crippen MR) is 74.9 cm³/mol. The van der Waals surface area contributed by atoms with Crippen molar-refractivity contribution < 1.29 is 13.5 Å². The number of nitrogens with two attached hydrogens (primary N) is 1. The van der Waals surface area contributed by atoms with Crippen molar-refractivity contribution in [2.24, 2.45) is 5.73 Å². The number of rotatable bonds is 5. The summed E-state index contributed by atoms with van der Waals surface area (Å²) >= 11 is 5.67. The van der Waals surface area contributed by atoms with E-state index >= 15 is 0 Å². The van der Waals surface area contributed by atoms with Gasteiger partial charge >= 0.3 is 0 Å². The maximum absolute atomic E-state index is 13.8. The van der Waals surface area contributed by atoms with E-state index in [4.69, 9.17) is 22.1 Å². The van der Waals surface area contributed by atoms with Crippen LogP contribution in [0, 0.1) is 11.6 Å². The summed E-state index contributed by atoms with van der Waals surface area (Å²) in [4.78, 5) is 0. The van der Waals surface area contributed by atoms with Crippen LogP contribution < -0.4 is 10.5 Å². The lowest BCUT2D eigenvalue weighted by molar-refractivity contribution is 0.290. The van der Waals surface area contributed by atoms with Crippen LogP contribution in [0.5, 0.6) is 5.75 Å². The van der Waals surface area contributed by atoms with Gasteiger partial charge in [0, 0.05) is 0 Å². The van der Waals surface area contributed by atoms with Crippen molar-refractivity contribution >= 4 is 11.6 Å². The molecular weight excluding hydrogens is 284 g/mol. The number of hydrogen-bond donors (Lipinski definition) is 1. The number of benzene rings is 2. The van der Waals surface area contributed by atoms with Crippen molar-refractivity contribution in [1.82, 2.24) is 0 Å². The van der Waals surface area contributed by atoms with Crippen LogP contribution in [0.25, 0.3) is 0 Å². The largest absolute Gasteiger partial charge is 0.486 e. The van der Waals surface area contributed by atoms with E-state index in [9.17, 15) is 8.78 Å². The van der Waals surface area contributed by atoms with Gasteiger partial charge < -0.3 is 10.5 Å². The Labute approximate surface area is 121 Å². The zero-order valence-corrected chi connectivity index (χ0v) is 11.5. The van der Waals surface area contributed by atoms with Crippen molar-refractivity contribution in [2.45, 2.75) is 13.0 Å². The van der Waals surface area contributed by atoms with Crippen LogP contribution in [0.4, 0.5) is 8.78 Å². The molecule has 5 heteroatoms. The fraction of sp³-hybridized carbons (Fsp3) is 0.200. The predicted octanol–water partition coefficient (Wildman–Crippen LogP) is 3.70.